The van der Waals surface area contributed by atoms with E-state index in [2.05, 4.69) is 11.9 Å². The van der Waals surface area contributed by atoms with Gasteiger partial charge in [0.05, 0.1) is 11.4 Å². The lowest BCUT2D eigenvalue weighted by molar-refractivity contribution is 0.0957. The molecule has 98 valence electrons. The summed E-state index contributed by atoms with van der Waals surface area (Å²) >= 11 is 5.53. The summed E-state index contributed by atoms with van der Waals surface area (Å²) in [5.74, 6) is -0.354. The van der Waals surface area contributed by atoms with Crippen LogP contribution < -0.4 is 5.32 Å². The van der Waals surface area contributed by atoms with Gasteiger partial charge in [0, 0.05) is 21.3 Å². The van der Waals surface area contributed by atoms with E-state index < -0.39 is 9.05 Å². The van der Waals surface area contributed by atoms with Gasteiger partial charge in [0.25, 0.3) is 15.0 Å². The van der Waals surface area contributed by atoms with Gasteiger partial charge in [-0.05, 0) is 30.7 Å². The molecule has 0 aliphatic carbocycles. The van der Waals surface area contributed by atoms with E-state index in [1.807, 2.05) is 0 Å². The average Bonchev–Trinajstić information content (AvgIpc) is 2.24. The topological polar surface area (TPSA) is 63.2 Å². The third kappa shape index (κ3) is 4.01. The lowest BCUT2D eigenvalue weighted by Gasteiger charge is -2.07. The molecule has 0 heterocycles. The van der Waals surface area contributed by atoms with Crippen LogP contribution in [-0.2, 0) is 9.05 Å². The minimum atomic E-state index is -3.79. The van der Waals surface area contributed by atoms with Crippen LogP contribution in [0, 0.1) is 6.92 Å². The van der Waals surface area contributed by atoms with E-state index in [0.29, 0.717) is 16.2 Å². The van der Waals surface area contributed by atoms with Gasteiger partial charge in [-0.1, -0.05) is 18.2 Å². The zero-order chi connectivity index (χ0) is 13.9. The quantitative estimate of drug-likeness (QED) is 0.869. The number of rotatable bonds is 4. The molecule has 1 amide bonds. The molecule has 18 heavy (non-hydrogen) atoms. The molecule has 0 spiro atoms. The standard InChI is InChI=1S/C11H11Cl2NO3S/c1-7-5-9(18(13,16)17)3-4-10(7)11(15)14-6-8(2)12/h3-5H,2,6H2,1H3,(H,14,15). The van der Waals surface area contributed by atoms with E-state index in [1.54, 1.807) is 6.92 Å². The van der Waals surface area contributed by atoms with Crippen molar-refractivity contribution in [1.29, 1.82) is 0 Å². The molecule has 0 saturated heterocycles. The lowest BCUT2D eigenvalue weighted by atomic mass is 10.1. The second kappa shape index (κ2) is 5.73. The third-order valence-electron chi connectivity index (χ3n) is 2.16. The highest BCUT2D eigenvalue weighted by Gasteiger charge is 2.14. The van der Waals surface area contributed by atoms with E-state index in [-0.39, 0.29) is 17.3 Å². The molecule has 1 aromatic rings. The Labute approximate surface area is 115 Å². The van der Waals surface area contributed by atoms with Crippen LogP contribution in [0.15, 0.2) is 34.7 Å². The number of aryl methyl sites for hydroxylation is 1. The minimum absolute atomic E-state index is 0.0417. The summed E-state index contributed by atoms with van der Waals surface area (Å²) in [6.45, 7) is 5.21. The van der Waals surface area contributed by atoms with Crippen molar-refractivity contribution in [2.24, 2.45) is 0 Å². The van der Waals surface area contributed by atoms with E-state index in [0.717, 1.165) is 0 Å². The highest BCUT2D eigenvalue weighted by molar-refractivity contribution is 8.13. The number of carbonyl (C=O) groups is 1. The molecule has 0 radical (unpaired) electrons. The second-order valence-electron chi connectivity index (χ2n) is 3.61. The molecule has 7 heteroatoms. The number of hydrogen-bond acceptors (Lipinski definition) is 3. The van der Waals surface area contributed by atoms with Crippen molar-refractivity contribution in [3.63, 3.8) is 0 Å². The monoisotopic (exact) mass is 307 g/mol. The van der Waals surface area contributed by atoms with Crippen LogP contribution in [0.25, 0.3) is 0 Å². The number of nitrogens with one attached hydrogen (secondary N) is 1. The largest absolute Gasteiger partial charge is 0.347 e. The SMILES string of the molecule is C=C(Cl)CNC(=O)c1ccc(S(=O)(=O)Cl)cc1C. The number of carbonyl (C=O) groups excluding carboxylic acids is 1. The minimum Gasteiger partial charge on any atom is -0.347 e. The summed E-state index contributed by atoms with van der Waals surface area (Å²) in [5, 5.41) is 2.85. The predicted octanol–water partition coefficient (Wildman–Crippen LogP) is 2.40. The van der Waals surface area contributed by atoms with E-state index in [9.17, 15) is 13.2 Å². The summed E-state index contributed by atoms with van der Waals surface area (Å²) in [6, 6.07) is 4.02. The molecule has 1 N–H and O–H groups in total. The van der Waals surface area contributed by atoms with Gasteiger partial charge >= 0.3 is 0 Å². The maximum atomic E-state index is 11.7. The molecular formula is C11H11Cl2NO3S. The number of benzene rings is 1. The molecule has 1 aromatic carbocycles. The molecule has 0 aromatic heterocycles. The first-order valence-corrected chi connectivity index (χ1v) is 7.57. The van der Waals surface area contributed by atoms with Crippen molar-refractivity contribution in [2.45, 2.75) is 11.8 Å². The molecule has 0 unspecified atom stereocenters. The zero-order valence-corrected chi connectivity index (χ0v) is 11.9. The molecule has 0 atom stereocenters. The molecule has 0 fully saturated rings. The van der Waals surface area contributed by atoms with Crippen molar-refractivity contribution in [1.82, 2.24) is 5.32 Å². The molecule has 0 bridgehead atoms. The first-order chi connectivity index (χ1) is 8.21. The van der Waals surface area contributed by atoms with Gasteiger partial charge in [-0.25, -0.2) is 8.42 Å². The fourth-order valence-corrected chi connectivity index (χ4v) is 2.22. The average molecular weight is 308 g/mol. The van der Waals surface area contributed by atoms with Crippen LogP contribution in [0.2, 0.25) is 0 Å². The van der Waals surface area contributed by atoms with E-state index in [4.69, 9.17) is 22.3 Å². The normalized spacial score (nSPS) is 11.1. The van der Waals surface area contributed by atoms with Gasteiger partial charge in [-0.3, -0.25) is 4.79 Å². The van der Waals surface area contributed by atoms with Crippen LogP contribution in [0.3, 0.4) is 0 Å². The lowest BCUT2D eigenvalue weighted by Crippen LogP contribution is -2.25. The Hall–Kier alpha value is -1.04. The Morgan fingerprint density at radius 1 is 1.44 bits per heavy atom. The van der Waals surface area contributed by atoms with Gasteiger partial charge in [0.1, 0.15) is 0 Å². The molecule has 0 aliphatic rings. The number of halogens is 2. The first-order valence-electron chi connectivity index (χ1n) is 4.88. The van der Waals surface area contributed by atoms with Crippen LogP contribution in [-0.4, -0.2) is 20.9 Å². The van der Waals surface area contributed by atoms with Crippen molar-refractivity contribution < 1.29 is 13.2 Å². The van der Waals surface area contributed by atoms with E-state index >= 15 is 0 Å². The fourth-order valence-electron chi connectivity index (χ4n) is 1.31. The van der Waals surface area contributed by atoms with Gasteiger partial charge < -0.3 is 5.32 Å². The van der Waals surface area contributed by atoms with Crippen LogP contribution in [0.4, 0.5) is 0 Å². The van der Waals surface area contributed by atoms with Crippen molar-refractivity contribution in [2.75, 3.05) is 6.54 Å². The Morgan fingerprint density at radius 3 is 2.50 bits per heavy atom. The fraction of sp³-hybridized carbons (Fsp3) is 0.182. The summed E-state index contributed by atoms with van der Waals surface area (Å²) in [7, 11) is 1.42. The molecule has 0 saturated carbocycles. The highest BCUT2D eigenvalue weighted by Crippen LogP contribution is 2.18. The Bertz CT molecular complexity index is 596. The van der Waals surface area contributed by atoms with Gasteiger partial charge in [-0.15, -0.1) is 0 Å². The van der Waals surface area contributed by atoms with E-state index in [1.165, 1.54) is 18.2 Å². The smallest absolute Gasteiger partial charge is 0.261 e. The van der Waals surface area contributed by atoms with Gasteiger partial charge in [-0.2, -0.15) is 0 Å². The Morgan fingerprint density at radius 2 is 2.06 bits per heavy atom. The molecule has 4 nitrogen and oxygen atoms in total. The zero-order valence-electron chi connectivity index (χ0n) is 9.54. The molecule has 0 aliphatic heterocycles. The van der Waals surface area contributed by atoms with Crippen molar-refractivity contribution >= 4 is 37.2 Å². The summed E-state index contributed by atoms with van der Waals surface area (Å²) in [6.07, 6.45) is 0. The summed E-state index contributed by atoms with van der Waals surface area (Å²) < 4.78 is 22.2. The maximum absolute atomic E-state index is 11.7. The molecule has 1 rings (SSSR count). The van der Waals surface area contributed by atoms with Crippen LogP contribution in [0.5, 0.6) is 0 Å². The van der Waals surface area contributed by atoms with Crippen molar-refractivity contribution in [3.05, 3.63) is 40.9 Å². The Balaban J connectivity index is 2.99. The second-order valence-corrected chi connectivity index (χ2v) is 6.71. The maximum Gasteiger partial charge on any atom is 0.261 e. The highest BCUT2D eigenvalue weighted by atomic mass is 35.7. The number of amides is 1. The number of hydrogen-bond donors (Lipinski definition) is 1. The summed E-state index contributed by atoms with van der Waals surface area (Å²) in [4.78, 5) is 11.7. The van der Waals surface area contributed by atoms with Gasteiger partial charge in [0.2, 0.25) is 0 Å². The Kier molecular flexibility index (Phi) is 4.78. The third-order valence-corrected chi connectivity index (χ3v) is 3.65. The van der Waals surface area contributed by atoms with Crippen LogP contribution in [0.1, 0.15) is 15.9 Å². The van der Waals surface area contributed by atoms with Crippen LogP contribution >= 0.6 is 22.3 Å². The predicted molar refractivity (Wildman–Crippen MR) is 71.5 cm³/mol. The molecular weight excluding hydrogens is 297 g/mol. The summed E-state index contributed by atoms with van der Waals surface area (Å²) in [5.41, 5.74) is 0.867. The van der Waals surface area contributed by atoms with Crippen molar-refractivity contribution in [3.8, 4) is 0 Å². The van der Waals surface area contributed by atoms with Gasteiger partial charge in [0.15, 0.2) is 0 Å². The first kappa shape index (κ1) is 15.0.